The number of hydrogen-bond donors (Lipinski definition) is 1. The minimum Gasteiger partial charge on any atom is -0.465 e. The quantitative estimate of drug-likeness (QED) is 0.592. The van der Waals surface area contributed by atoms with Crippen molar-refractivity contribution in [1.82, 2.24) is 14.9 Å². The zero-order chi connectivity index (χ0) is 21.2. The number of ether oxygens (including phenoxy) is 1. The molecule has 1 N–H and O–H groups in total. The minimum atomic E-state index is -0.951. The van der Waals surface area contributed by atoms with Gasteiger partial charge in [0.15, 0.2) is 0 Å². The van der Waals surface area contributed by atoms with Gasteiger partial charge in [-0.1, -0.05) is 17.7 Å². The van der Waals surface area contributed by atoms with E-state index in [2.05, 4.69) is 21.4 Å². The molecule has 0 fully saturated rings. The third-order valence-electron chi connectivity index (χ3n) is 5.12. The molecule has 0 atom stereocenters. The largest absolute Gasteiger partial charge is 0.465 e. The van der Waals surface area contributed by atoms with Crippen LogP contribution in [-0.2, 0) is 32.7 Å². The standard InChI is InChI=1S/C21H25ClN4O3/c1-5-29-19(28)21(3,4)17-11-23-20(25-18(17)22)24-16-7-6-14-8-9-26(13(2)27)12-15(14)10-16/h6-7,10-11H,5,8-9,12H2,1-4H3,(H,23,24,25). The Hall–Kier alpha value is -2.67. The number of amides is 1. The maximum atomic E-state index is 12.2. The van der Waals surface area contributed by atoms with Gasteiger partial charge in [0.1, 0.15) is 5.15 Å². The fourth-order valence-electron chi connectivity index (χ4n) is 3.29. The lowest BCUT2D eigenvalue weighted by atomic mass is 9.86. The number of nitrogens with zero attached hydrogens (tertiary/aromatic N) is 3. The molecule has 1 aromatic carbocycles. The van der Waals surface area contributed by atoms with Crippen molar-refractivity contribution >= 4 is 35.1 Å². The van der Waals surface area contributed by atoms with E-state index >= 15 is 0 Å². The number of carbonyl (C=O) groups is 2. The van der Waals surface area contributed by atoms with Gasteiger partial charge >= 0.3 is 5.97 Å². The summed E-state index contributed by atoms with van der Waals surface area (Å²) in [7, 11) is 0. The SMILES string of the molecule is CCOC(=O)C(C)(C)c1cnc(Nc2ccc3c(c2)CN(C(C)=O)CC3)nc1Cl. The highest BCUT2D eigenvalue weighted by Gasteiger charge is 2.34. The first kappa shape index (κ1) is 21.0. The number of halogens is 1. The average molecular weight is 417 g/mol. The van der Waals surface area contributed by atoms with Crippen LogP contribution in [0.1, 0.15) is 44.4 Å². The molecule has 0 saturated heterocycles. The Morgan fingerprint density at radius 1 is 1.31 bits per heavy atom. The molecule has 0 bridgehead atoms. The van der Waals surface area contributed by atoms with E-state index in [0.717, 1.165) is 24.2 Å². The van der Waals surface area contributed by atoms with Crippen molar-refractivity contribution in [2.24, 2.45) is 0 Å². The average Bonchev–Trinajstić information content (AvgIpc) is 2.67. The lowest BCUT2D eigenvalue weighted by Gasteiger charge is -2.28. The van der Waals surface area contributed by atoms with Crippen molar-refractivity contribution in [3.05, 3.63) is 46.2 Å². The fraction of sp³-hybridized carbons (Fsp3) is 0.429. The van der Waals surface area contributed by atoms with E-state index in [9.17, 15) is 9.59 Å². The Bertz CT molecular complexity index is 946. The monoisotopic (exact) mass is 416 g/mol. The second kappa shape index (κ2) is 8.37. The molecule has 1 aromatic heterocycles. The second-order valence-corrected chi connectivity index (χ2v) is 7.90. The van der Waals surface area contributed by atoms with Gasteiger partial charge in [-0.3, -0.25) is 9.59 Å². The number of fused-ring (bicyclic) bond motifs is 1. The third-order valence-corrected chi connectivity index (χ3v) is 5.41. The van der Waals surface area contributed by atoms with Crippen molar-refractivity contribution in [1.29, 1.82) is 0 Å². The van der Waals surface area contributed by atoms with Gasteiger partial charge < -0.3 is 15.0 Å². The van der Waals surface area contributed by atoms with Crippen molar-refractivity contribution in [2.45, 2.75) is 46.1 Å². The molecule has 0 aliphatic carbocycles. The summed E-state index contributed by atoms with van der Waals surface area (Å²) in [6.45, 7) is 8.43. The highest BCUT2D eigenvalue weighted by Crippen LogP contribution is 2.31. The highest BCUT2D eigenvalue weighted by molar-refractivity contribution is 6.30. The van der Waals surface area contributed by atoms with Gasteiger partial charge in [-0.05, 0) is 50.5 Å². The molecule has 0 unspecified atom stereocenters. The molecule has 1 amide bonds. The molecule has 154 valence electrons. The topological polar surface area (TPSA) is 84.4 Å². The Morgan fingerprint density at radius 3 is 2.72 bits per heavy atom. The number of esters is 1. The lowest BCUT2D eigenvalue weighted by molar-refractivity contribution is -0.148. The number of hydrogen-bond acceptors (Lipinski definition) is 6. The van der Waals surface area contributed by atoms with Crippen LogP contribution in [0.3, 0.4) is 0 Å². The van der Waals surface area contributed by atoms with Gasteiger partial charge in [0.2, 0.25) is 11.9 Å². The molecular formula is C21H25ClN4O3. The molecule has 0 radical (unpaired) electrons. The smallest absolute Gasteiger partial charge is 0.316 e. The molecule has 1 aliphatic heterocycles. The maximum absolute atomic E-state index is 12.2. The van der Waals surface area contributed by atoms with Crippen molar-refractivity contribution < 1.29 is 14.3 Å². The summed E-state index contributed by atoms with van der Waals surface area (Å²) in [5.74, 6) is 0.0254. The van der Waals surface area contributed by atoms with E-state index in [-0.39, 0.29) is 17.0 Å². The Morgan fingerprint density at radius 2 is 2.07 bits per heavy atom. The van der Waals surface area contributed by atoms with Gasteiger partial charge in [-0.2, -0.15) is 0 Å². The van der Waals surface area contributed by atoms with Crippen LogP contribution in [0.5, 0.6) is 0 Å². The number of benzene rings is 1. The van der Waals surface area contributed by atoms with E-state index in [1.54, 1.807) is 33.9 Å². The van der Waals surface area contributed by atoms with Crippen molar-refractivity contribution in [3.63, 3.8) is 0 Å². The molecule has 2 heterocycles. The molecule has 8 heteroatoms. The van der Waals surface area contributed by atoms with Crippen LogP contribution in [0.2, 0.25) is 5.15 Å². The van der Waals surface area contributed by atoms with E-state index in [0.29, 0.717) is 24.7 Å². The predicted octanol–water partition coefficient (Wildman–Crippen LogP) is 3.62. The van der Waals surface area contributed by atoms with Gasteiger partial charge in [-0.15, -0.1) is 0 Å². The number of rotatable bonds is 5. The zero-order valence-electron chi connectivity index (χ0n) is 17.1. The lowest BCUT2D eigenvalue weighted by Crippen LogP contribution is -2.34. The normalized spacial score (nSPS) is 13.6. The Balaban J connectivity index is 1.80. The predicted molar refractivity (Wildman–Crippen MR) is 111 cm³/mol. The molecule has 29 heavy (non-hydrogen) atoms. The zero-order valence-corrected chi connectivity index (χ0v) is 17.8. The van der Waals surface area contributed by atoms with Gasteiger partial charge in [-0.25, -0.2) is 9.97 Å². The van der Waals surface area contributed by atoms with Crippen LogP contribution in [0.25, 0.3) is 0 Å². The number of anilines is 2. The van der Waals surface area contributed by atoms with Crippen molar-refractivity contribution in [3.8, 4) is 0 Å². The van der Waals surface area contributed by atoms with Crippen LogP contribution >= 0.6 is 11.6 Å². The summed E-state index contributed by atoms with van der Waals surface area (Å²) in [4.78, 5) is 34.3. The molecular weight excluding hydrogens is 392 g/mol. The third kappa shape index (κ3) is 4.50. The molecule has 1 aliphatic rings. The molecule has 7 nitrogen and oxygen atoms in total. The van der Waals surface area contributed by atoms with E-state index in [1.807, 2.05) is 17.0 Å². The van der Waals surface area contributed by atoms with E-state index in [1.165, 1.54) is 5.56 Å². The summed E-state index contributed by atoms with van der Waals surface area (Å²) in [5, 5.41) is 3.34. The summed E-state index contributed by atoms with van der Waals surface area (Å²) in [6.07, 6.45) is 2.39. The van der Waals surface area contributed by atoms with Crippen LogP contribution < -0.4 is 5.32 Å². The first-order valence-corrected chi connectivity index (χ1v) is 9.94. The first-order chi connectivity index (χ1) is 13.7. The van der Waals surface area contributed by atoms with E-state index in [4.69, 9.17) is 16.3 Å². The first-order valence-electron chi connectivity index (χ1n) is 9.57. The van der Waals surface area contributed by atoms with Crippen molar-refractivity contribution in [2.75, 3.05) is 18.5 Å². The number of carbonyl (C=O) groups excluding carboxylic acids is 2. The Labute approximate surface area is 175 Å². The fourth-order valence-corrected chi connectivity index (χ4v) is 3.66. The summed E-state index contributed by atoms with van der Waals surface area (Å²) >= 11 is 6.35. The van der Waals surface area contributed by atoms with Crippen LogP contribution in [0, 0.1) is 0 Å². The maximum Gasteiger partial charge on any atom is 0.316 e. The van der Waals surface area contributed by atoms with Crippen LogP contribution in [0.15, 0.2) is 24.4 Å². The molecule has 2 aromatic rings. The van der Waals surface area contributed by atoms with E-state index < -0.39 is 5.41 Å². The minimum absolute atomic E-state index is 0.0731. The van der Waals surface area contributed by atoms with Gasteiger partial charge in [0, 0.05) is 37.5 Å². The Kier molecular flexibility index (Phi) is 6.07. The summed E-state index contributed by atoms with van der Waals surface area (Å²) in [6, 6.07) is 6.00. The van der Waals surface area contributed by atoms with Gasteiger partial charge in [0.25, 0.3) is 0 Å². The number of nitrogens with one attached hydrogen (secondary N) is 1. The van der Waals surface area contributed by atoms with Crippen LogP contribution in [0.4, 0.5) is 11.6 Å². The number of aromatic nitrogens is 2. The van der Waals surface area contributed by atoms with Crippen LogP contribution in [-0.4, -0.2) is 39.9 Å². The summed E-state index contributed by atoms with van der Waals surface area (Å²) in [5.41, 5.74) is 2.70. The molecule has 3 rings (SSSR count). The molecule has 0 spiro atoms. The second-order valence-electron chi connectivity index (χ2n) is 7.54. The summed E-state index contributed by atoms with van der Waals surface area (Å²) < 4.78 is 5.12. The van der Waals surface area contributed by atoms with Gasteiger partial charge in [0.05, 0.1) is 12.0 Å². The molecule has 0 saturated carbocycles. The highest BCUT2D eigenvalue weighted by atomic mass is 35.5.